The number of methoxy groups -OCH3 is 1. The van der Waals surface area contributed by atoms with Crippen molar-refractivity contribution in [2.75, 3.05) is 25.5 Å². The molecule has 0 radical (unpaired) electrons. The van der Waals surface area contributed by atoms with E-state index in [0.29, 0.717) is 29.5 Å². The van der Waals surface area contributed by atoms with E-state index in [1.54, 1.807) is 18.1 Å². The van der Waals surface area contributed by atoms with Crippen LogP contribution in [0.3, 0.4) is 0 Å². The zero-order chi connectivity index (χ0) is 13.7. The molecule has 0 aromatic heterocycles. The number of carbonyl (C=O) groups excluding carboxylic acids is 1. The van der Waals surface area contributed by atoms with Crippen molar-refractivity contribution in [1.82, 2.24) is 4.90 Å². The van der Waals surface area contributed by atoms with Gasteiger partial charge in [-0.25, -0.2) is 4.79 Å². The van der Waals surface area contributed by atoms with Crippen LogP contribution in [0.25, 0.3) is 0 Å². The molecule has 0 atom stereocenters. The predicted octanol–water partition coefficient (Wildman–Crippen LogP) is 3.53. The lowest BCUT2D eigenvalue weighted by Gasteiger charge is -2.20. The molecule has 0 aliphatic rings. The molecule has 0 spiro atoms. The van der Waals surface area contributed by atoms with E-state index in [2.05, 4.69) is 5.32 Å². The number of carbonyl (C=O) groups is 1. The molecular formula is C13H19ClN2O2. The first-order valence-corrected chi connectivity index (χ1v) is 6.31. The highest BCUT2D eigenvalue weighted by atomic mass is 35.5. The van der Waals surface area contributed by atoms with Gasteiger partial charge in [-0.15, -0.1) is 0 Å². The second kappa shape index (κ2) is 6.50. The minimum absolute atomic E-state index is 0.139. The smallest absolute Gasteiger partial charge is 0.321 e. The van der Waals surface area contributed by atoms with E-state index in [1.807, 2.05) is 26.8 Å². The lowest BCUT2D eigenvalue weighted by atomic mass is 10.2. The molecule has 1 rings (SSSR count). The van der Waals surface area contributed by atoms with Crippen LogP contribution in [0.15, 0.2) is 12.1 Å². The van der Waals surface area contributed by atoms with E-state index in [4.69, 9.17) is 16.3 Å². The summed E-state index contributed by atoms with van der Waals surface area (Å²) >= 11 is 6.02. The second-order valence-corrected chi connectivity index (χ2v) is 4.31. The molecule has 4 nitrogen and oxygen atoms in total. The van der Waals surface area contributed by atoms with Gasteiger partial charge in [0.05, 0.1) is 12.8 Å². The van der Waals surface area contributed by atoms with Crippen LogP contribution < -0.4 is 10.1 Å². The Kier molecular flexibility index (Phi) is 5.28. The van der Waals surface area contributed by atoms with Crippen molar-refractivity contribution in [1.29, 1.82) is 0 Å². The van der Waals surface area contributed by atoms with Crippen LogP contribution in [0.5, 0.6) is 5.75 Å². The van der Waals surface area contributed by atoms with Crippen molar-refractivity contribution >= 4 is 23.3 Å². The summed E-state index contributed by atoms with van der Waals surface area (Å²) in [7, 11) is 1.55. The van der Waals surface area contributed by atoms with Crippen LogP contribution in [0.2, 0.25) is 5.02 Å². The number of hydrogen-bond acceptors (Lipinski definition) is 2. The quantitative estimate of drug-likeness (QED) is 0.909. The predicted molar refractivity (Wildman–Crippen MR) is 74.7 cm³/mol. The van der Waals surface area contributed by atoms with Crippen molar-refractivity contribution in [3.8, 4) is 5.75 Å². The molecule has 0 saturated heterocycles. The Labute approximate surface area is 113 Å². The molecule has 100 valence electrons. The van der Waals surface area contributed by atoms with Crippen LogP contribution in [0.4, 0.5) is 10.5 Å². The number of amides is 2. The molecule has 0 bridgehead atoms. The summed E-state index contributed by atoms with van der Waals surface area (Å²) in [6, 6.07) is 3.37. The normalized spacial score (nSPS) is 10.1. The van der Waals surface area contributed by atoms with Gasteiger partial charge in [-0.1, -0.05) is 11.6 Å². The number of nitrogens with zero attached hydrogens (tertiary/aromatic N) is 1. The molecule has 18 heavy (non-hydrogen) atoms. The van der Waals surface area contributed by atoms with E-state index in [-0.39, 0.29) is 6.03 Å². The Morgan fingerprint density at radius 2 is 2.00 bits per heavy atom. The fourth-order valence-electron chi connectivity index (χ4n) is 1.63. The maximum absolute atomic E-state index is 12.0. The summed E-state index contributed by atoms with van der Waals surface area (Å²) in [4.78, 5) is 13.7. The first kappa shape index (κ1) is 14.6. The Hall–Kier alpha value is -1.42. The van der Waals surface area contributed by atoms with Gasteiger partial charge in [0.1, 0.15) is 5.75 Å². The molecule has 2 amide bonds. The highest BCUT2D eigenvalue weighted by Crippen LogP contribution is 2.31. The van der Waals surface area contributed by atoms with Crippen LogP contribution in [-0.2, 0) is 0 Å². The van der Waals surface area contributed by atoms with Crippen molar-refractivity contribution in [3.05, 3.63) is 22.7 Å². The maximum Gasteiger partial charge on any atom is 0.321 e. The number of benzene rings is 1. The van der Waals surface area contributed by atoms with Crippen LogP contribution in [-0.4, -0.2) is 31.1 Å². The number of ether oxygens (including phenoxy) is 1. The molecular weight excluding hydrogens is 252 g/mol. The minimum Gasteiger partial charge on any atom is -0.495 e. The van der Waals surface area contributed by atoms with Crippen LogP contribution in [0.1, 0.15) is 19.4 Å². The highest BCUT2D eigenvalue weighted by Gasteiger charge is 2.13. The van der Waals surface area contributed by atoms with Gasteiger partial charge in [-0.05, 0) is 32.4 Å². The minimum atomic E-state index is -0.139. The molecule has 1 aromatic carbocycles. The van der Waals surface area contributed by atoms with E-state index < -0.39 is 0 Å². The fraction of sp³-hybridized carbons (Fsp3) is 0.462. The second-order valence-electron chi connectivity index (χ2n) is 3.90. The summed E-state index contributed by atoms with van der Waals surface area (Å²) in [6.45, 7) is 7.09. The lowest BCUT2D eigenvalue weighted by molar-refractivity contribution is 0.217. The van der Waals surface area contributed by atoms with Crippen molar-refractivity contribution < 1.29 is 9.53 Å². The Balaban J connectivity index is 2.96. The zero-order valence-corrected chi connectivity index (χ0v) is 12.0. The summed E-state index contributed by atoms with van der Waals surface area (Å²) < 4.78 is 5.21. The van der Waals surface area contributed by atoms with Gasteiger partial charge in [0.15, 0.2) is 0 Å². The summed E-state index contributed by atoms with van der Waals surface area (Å²) in [6.07, 6.45) is 0. The molecule has 1 aromatic rings. The third-order valence-electron chi connectivity index (χ3n) is 2.77. The number of aryl methyl sites for hydroxylation is 1. The maximum atomic E-state index is 12.0. The molecule has 0 saturated carbocycles. The van der Waals surface area contributed by atoms with Gasteiger partial charge in [-0.3, -0.25) is 0 Å². The zero-order valence-electron chi connectivity index (χ0n) is 11.2. The van der Waals surface area contributed by atoms with Gasteiger partial charge < -0.3 is 15.0 Å². The van der Waals surface area contributed by atoms with Gasteiger partial charge in [-0.2, -0.15) is 0 Å². The van der Waals surface area contributed by atoms with E-state index >= 15 is 0 Å². The number of nitrogens with one attached hydrogen (secondary N) is 1. The molecule has 5 heteroatoms. The number of hydrogen-bond donors (Lipinski definition) is 1. The van der Waals surface area contributed by atoms with Crippen molar-refractivity contribution in [2.24, 2.45) is 0 Å². The van der Waals surface area contributed by atoms with Gasteiger partial charge in [0.2, 0.25) is 0 Å². The first-order chi connectivity index (χ1) is 8.53. The Bertz CT molecular complexity index is 431. The van der Waals surface area contributed by atoms with Gasteiger partial charge in [0, 0.05) is 24.2 Å². The van der Waals surface area contributed by atoms with Crippen LogP contribution >= 0.6 is 11.6 Å². The lowest BCUT2D eigenvalue weighted by Crippen LogP contribution is -2.34. The third-order valence-corrected chi connectivity index (χ3v) is 3.18. The molecule has 0 aliphatic carbocycles. The van der Waals surface area contributed by atoms with Gasteiger partial charge in [0.25, 0.3) is 0 Å². The molecule has 0 heterocycles. The number of urea groups is 1. The molecule has 0 fully saturated rings. The Morgan fingerprint density at radius 1 is 1.39 bits per heavy atom. The summed E-state index contributed by atoms with van der Waals surface area (Å²) in [5, 5.41) is 3.45. The SMILES string of the molecule is CCN(CC)C(=O)Nc1cc(C)c(Cl)cc1OC. The largest absolute Gasteiger partial charge is 0.495 e. The molecule has 1 N–H and O–H groups in total. The first-order valence-electron chi connectivity index (χ1n) is 5.93. The Morgan fingerprint density at radius 3 is 2.50 bits per heavy atom. The van der Waals surface area contributed by atoms with Crippen LogP contribution in [0, 0.1) is 6.92 Å². The monoisotopic (exact) mass is 270 g/mol. The third kappa shape index (κ3) is 3.29. The standard InChI is InChI=1S/C13H19ClN2O2/c1-5-16(6-2)13(17)15-11-7-9(3)10(14)8-12(11)18-4/h7-8H,5-6H2,1-4H3,(H,15,17). The average molecular weight is 271 g/mol. The summed E-state index contributed by atoms with van der Waals surface area (Å²) in [5.41, 5.74) is 1.53. The number of anilines is 1. The number of rotatable bonds is 4. The van der Waals surface area contributed by atoms with E-state index in [9.17, 15) is 4.79 Å². The van der Waals surface area contributed by atoms with Gasteiger partial charge >= 0.3 is 6.03 Å². The number of halogens is 1. The van der Waals surface area contributed by atoms with Crippen molar-refractivity contribution in [2.45, 2.75) is 20.8 Å². The van der Waals surface area contributed by atoms with Crippen molar-refractivity contribution in [3.63, 3.8) is 0 Å². The fourth-order valence-corrected chi connectivity index (χ4v) is 1.79. The molecule has 0 unspecified atom stereocenters. The topological polar surface area (TPSA) is 41.6 Å². The highest BCUT2D eigenvalue weighted by molar-refractivity contribution is 6.31. The summed E-state index contributed by atoms with van der Waals surface area (Å²) in [5.74, 6) is 0.561. The van der Waals surface area contributed by atoms with E-state index in [1.165, 1.54) is 0 Å². The molecule has 0 aliphatic heterocycles. The average Bonchev–Trinajstić information content (AvgIpc) is 2.35. The van der Waals surface area contributed by atoms with E-state index in [0.717, 1.165) is 5.56 Å².